The summed E-state index contributed by atoms with van der Waals surface area (Å²) in [6.45, 7) is 6.41. The predicted molar refractivity (Wildman–Crippen MR) is 43.8 cm³/mol. The van der Waals surface area contributed by atoms with Crippen molar-refractivity contribution in [1.82, 2.24) is 0 Å². The van der Waals surface area contributed by atoms with Gasteiger partial charge >= 0.3 is 12.1 Å². The smallest absolute Gasteiger partial charge is 0.391 e. The first-order chi connectivity index (χ1) is 5.74. The Kier molecular flexibility index (Phi) is 2.85. The van der Waals surface area contributed by atoms with Crippen molar-refractivity contribution in [3.8, 4) is 0 Å². The third-order valence-electron chi connectivity index (χ3n) is 1.45. The zero-order chi connectivity index (χ0) is 8.97. The number of hydrogen-bond acceptors (Lipinski definition) is 4. The van der Waals surface area contributed by atoms with Crippen molar-refractivity contribution in [3.63, 3.8) is 0 Å². The van der Waals surface area contributed by atoms with E-state index in [2.05, 4.69) is 11.6 Å². The Bertz CT molecular complexity index is 232. The van der Waals surface area contributed by atoms with Crippen molar-refractivity contribution in [2.75, 3.05) is 13.2 Å². The maximum Gasteiger partial charge on any atom is 0.391 e. The topological polar surface area (TPSA) is 47.9 Å². The number of carbonyl (C=O) groups is 1. The van der Waals surface area contributed by atoms with Gasteiger partial charge in [-0.05, 0) is 6.42 Å². The van der Waals surface area contributed by atoms with E-state index in [4.69, 9.17) is 9.47 Å². The van der Waals surface area contributed by atoms with Crippen molar-refractivity contribution in [1.29, 1.82) is 0 Å². The van der Waals surface area contributed by atoms with Gasteiger partial charge in [0.2, 0.25) is 0 Å². The number of hydrogen-bond donors (Lipinski definition) is 0. The Morgan fingerprint density at radius 2 is 2.58 bits per heavy atom. The molecule has 0 bridgehead atoms. The van der Waals surface area contributed by atoms with Gasteiger partial charge in [-0.2, -0.15) is 0 Å². The van der Waals surface area contributed by atoms with E-state index in [1.165, 1.54) is 0 Å². The lowest BCUT2D eigenvalue weighted by atomic mass is 10.2. The third kappa shape index (κ3) is 2.08. The molecule has 0 aromatic carbocycles. The largest absolute Gasteiger partial charge is 0.448 e. The third-order valence-corrected chi connectivity index (χ3v) is 1.45. The average Bonchev–Trinajstić information content (AvgIpc) is 2.55. The van der Waals surface area contributed by atoms with Gasteiger partial charge in [-0.15, -0.1) is 0 Å². The van der Waals surface area contributed by atoms with Gasteiger partial charge in [0.1, 0.15) is 6.61 Å². The lowest BCUT2D eigenvalue weighted by Crippen LogP contribution is -2.13. The van der Waals surface area contributed by atoms with E-state index in [9.17, 15) is 4.79 Å². The molecule has 0 unspecified atom stereocenters. The molecule has 4 heteroatoms. The number of aliphatic imine (C=N–C) groups is 1. The zero-order valence-corrected chi connectivity index (χ0v) is 7.00. The Balaban J connectivity index is 2.40. The maximum absolute atomic E-state index is 11.0. The normalized spacial score (nSPS) is 14.9. The summed E-state index contributed by atoms with van der Waals surface area (Å²) in [6, 6.07) is 0. The quantitative estimate of drug-likeness (QED) is 0.455. The summed E-state index contributed by atoms with van der Waals surface area (Å²) >= 11 is 0. The van der Waals surface area contributed by atoms with Gasteiger partial charge in [-0.25, -0.2) is 9.79 Å². The minimum Gasteiger partial charge on any atom is -0.448 e. The van der Waals surface area contributed by atoms with Crippen LogP contribution in [0.1, 0.15) is 13.3 Å². The number of carbonyl (C=O) groups excluding carboxylic acids is 1. The second kappa shape index (κ2) is 3.90. The lowest BCUT2D eigenvalue weighted by Gasteiger charge is -2.02. The number of rotatable bonds is 2. The van der Waals surface area contributed by atoms with Crippen LogP contribution in [0.25, 0.3) is 0 Å². The summed E-state index contributed by atoms with van der Waals surface area (Å²) < 4.78 is 9.64. The molecular formula is C8H11NO3. The fourth-order valence-electron chi connectivity index (χ4n) is 0.673. The van der Waals surface area contributed by atoms with Crippen LogP contribution in [0.2, 0.25) is 0 Å². The van der Waals surface area contributed by atoms with Crippen molar-refractivity contribution in [3.05, 3.63) is 12.2 Å². The van der Waals surface area contributed by atoms with E-state index in [1.54, 1.807) is 0 Å². The molecule has 1 rings (SSSR count). The molecule has 12 heavy (non-hydrogen) atoms. The molecule has 0 saturated carbocycles. The number of esters is 1. The molecule has 0 atom stereocenters. The minimum atomic E-state index is -0.460. The van der Waals surface area contributed by atoms with Gasteiger partial charge in [-0.3, -0.25) is 0 Å². The van der Waals surface area contributed by atoms with Crippen LogP contribution in [0.15, 0.2) is 17.1 Å². The Morgan fingerprint density at radius 3 is 3.08 bits per heavy atom. The van der Waals surface area contributed by atoms with Crippen molar-refractivity contribution >= 4 is 12.1 Å². The van der Waals surface area contributed by atoms with E-state index >= 15 is 0 Å². The molecule has 66 valence electrons. The van der Waals surface area contributed by atoms with Gasteiger partial charge in [0, 0.05) is 5.57 Å². The SMILES string of the molecule is C=C(CC)C(=O)OC1=NCCO1. The van der Waals surface area contributed by atoms with Crippen molar-refractivity contribution in [2.24, 2.45) is 4.99 Å². The number of ether oxygens (including phenoxy) is 2. The Hall–Kier alpha value is -1.32. The first-order valence-electron chi connectivity index (χ1n) is 3.81. The second-order valence-corrected chi connectivity index (χ2v) is 2.34. The van der Waals surface area contributed by atoms with Gasteiger partial charge in [0.25, 0.3) is 0 Å². The van der Waals surface area contributed by atoms with E-state index in [0.717, 1.165) is 0 Å². The van der Waals surface area contributed by atoms with E-state index in [0.29, 0.717) is 25.1 Å². The summed E-state index contributed by atoms with van der Waals surface area (Å²) in [5.41, 5.74) is 0.424. The van der Waals surface area contributed by atoms with E-state index < -0.39 is 5.97 Å². The molecule has 0 radical (unpaired) electrons. The molecule has 1 aliphatic rings. The monoisotopic (exact) mass is 169 g/mol. The van der Waals surface area contributed by atoms with Crippen LogP contribution in [0.4, 0.5) is 0 Å². The fraction of sp³-hybridized carbons (Fsp3) is 0.500. The van der Waals surface area contributed by atoms with E-state index in [-0.39, 0.29) is 6.08 Å². The van der Waals surface area contributed by atoms with Crippen molar-refractivity contribution in [2.45, 2.75) is 13.3 Å². The molecule has 0 fully saturated rings. The molecule has 0 aromatic rings. The van der Waals surface area contributed by atoms with Crippen LogP contribution < -0.4 is 0 Å². The van der Waals surface area contributed by atoms with Crippen LogP contribution >= 0.6 is 0 Å². The van der Waals surface area contributed by atoms with Gasteiger partial charge in [0.05, 0.1) is 6.54 Å². The molecule has 0 amide bonds. The molecule has 1 aliphatic heterocycles. The van der Waals surface area contributed by atoms with Crippen LogP contribution in [-0.2, 0) is 14.3 Å². The Labute approximate surface area is 70.9 Å². The second-order valence-electron chi connectivity index (χ2n) is 2.34. The molecule has 1 heterocycles. The fourth-order valence-corrected chi connectivity index (χ4v) is 0.673. The maximum atomic E-state index is 11.0. The molecule has 0 aromatic heterocycles. The number of nitrogens with zero attached hydrogens (tertiary/aromatic N) is 1. The van der Waals surface area contributed by atoms with Crippen LogP contribution in [-0.4, -0.2) is 25.2 Å². The summed E-state index contributed by atoms with van der Waals surface area (Å²) in [5.74, 6) is -0.460. The predicted octanol–water partition coefficient (Wildman–Crippen LogP) is 0.882. The Morgan fingerprint density at radius 1 is 1.83 bits per heavy atom. The molecule has 0 aliphatic carbocycles. The lowest BCUT2D eigenvalue weighted by molar-refractivity contribution is -0.132. The molecule has 0 saturated heterocycles. The summed E-state index contributed by atoms with van der Waals surface area (Å²) in [5, 5.41) is 0. The molecule has 0 N–H and O–H groups in total. The van der Waals surface area contributed by atoms with Crippen LogP contribution in [0.5, 0.6) is 0 Å². The first-order valence-corrected chi connectivity index (χ1v) is 3.81. The average molecular weight is 169 g/mol. The highest BCUT2D eigenvalue weighted by Gasteiger charge is 2.15. The minimum absolute atomic E-state index is 0.0644. The van der Waals surface area contributed by atoms with Gasteiger partial charge < -0.3 is 9.47 Å². The van der Waals surface area contributed by atoms with Crippen LogP contribution in [0, 0.1) is 0 Å². The summed E-state index contributed by atoms with van der Waals surface area (Å²) in [6.07, 6.45) is 0.640. The highest BCUT2D eigenvalue weighted by atomic mass is 16.7. The first kappa shape index (κ1) is 8.77. The van der Waals surface area contributed by atoms with Crippen molar-refractivity contribution < 1.29 is 14.3 Å². The summed E-state index contributed by atoms with van der Waals surface area (Å²) in [7, 11) is 0. The molecule has 0 spiro atoms. The summed E-state index contributed by atoms with van der Waals surface area (Å²) in [4.78, 5) is 14.9. The van der Waals surface area contributed by atoms with E-state index in [1.807, 2.05) is 6.92 Å². The van der Waals surface area contributed by atoms with Gasteiger partial charge in [0.15, 0.2) is 0 Å². The van der Waals surface area contributed by atoms with Crippen LogP contribution in [0.3, 0.4) is 0 Å². The standard InChI is InChI=1S/C8H11NO3/c1-3-6(2)7(10)12-8-9-4-5-11-8/h2-5H2,1H3. The zero-order valence-electron chi connectivity index (χ0n) is 7.00. The van der Waals surface area contributed by atoms with Gasteiger partial charge in [-0.1, -0.05) is 13.5 Å². The highest BCUT2D eigenvalue weighted by Crippen LogP contribution is 2.03. The molecular weight excluding hydrogens is 158 g/mol. The highest BCUT2D eigenvalue weighted by molar-refractivity contribution is 5.95. The molecule has 4 nitrogen and oxygen atoms in total.